The van der Waals surface area contributed by atoms with E-state index in [1.165, 1.54) is 5.57 Å². The first-order valence-electron chi connectivity index (χ1n) is 6.29. The van der Waals surface area contributed by atoms with Crippen LogP contribution in [0.4, 0.5) is 0 Å². The Morgan fingerprint density at radius 1 is 1.56 bits per heavy atom. The second-order valence-electron chi connectivity index (χ2n) is 4.70. The number of carbonyl (C=O) groups excluding carboxylic acids is 2. The van der Waals surface area contributed by atoms with Gasteiger partial charge in [-0.15, -0.1) is 0 Å². The molecule has 0 aromatic rings. The van der Waals surface area contributed by atoms with Gasteiger partial charge in [0.2, 0.25) is 0 Å². The van der Waals surface area contributed by atoms with E-state index in [1.807, 2.05) is 12.2 Å². The van der Waals surface area contributed by atoms with E-state index in [1.54, 1.807) is 17.9 Å². The second-order valence-corrected chi connectivity index (χ2v) is 4.70. The number of nitrogens with zero attached hydrogens (tertiary/aromatic N) is 1. The molecule has 2 aliphatic heterocycles. The van der Waals surface area contributed by atoms with E-state index in [0.717, 1.165) is 6.42 Å². The molecule has 0 saturated carbocycles. The molecule has 0 radical (unpaired) electrons. The van der Waals surface area contributed by atoms with Crippen LogP contribution in [0.15, 0.2) is 35.5 Å². The van der Waals surface area contributed by atoms with Crippen molar-refractivity contribution < 1.29 is 14.3 Å². The lowest BCUT2D eigenvalue weighted by Gasteiger charge is -2.35. The van der Waals surface area contributed by atoms with Gasteiger partial charge in [0, 0.05) is 12.5 Å². The molecule has 0 bridgehead atoms. The first-order valence-corrected chi connectivity index (χ1v) is 6.29. The van der Waals surface area contributed by atoms with Gasteiger partial charge in [0.15, 0.2) is 0 Å². The zero-order chi connectivity index (χ0) is 12.7. The Balaban J connectivity index is 1.97. The maximum Gasteiger partial charge on any atom is 0.343 e. The molecule has 94 valence electrons. The summed E-state index contributed by atoms with van der Waals surface area (Å²) in [5, 5.41) is 0. The molecule has 1 aliphatic carbocycles. The van der Waals surface area contributed by atoms with Crippen LogP contribution < -0.4 is 0 Å². The molecule has 4 heteroatoms. The van der Waals surface area contributed by atoms with E-state index in [-0.39, 0.29) is 23.4 Å². The lowest BCUT2D eigenvalue weighted by Crippen LogP contribution is -2.46. The summed E-state index contributed by atoms with van der Waals surface area (Å²) in [7, 11) is 0. The largest absolute Gasteiger partial charge is 0.462 e. The highest BCUT2D eigenvalue weighted by Gasteiger charge is 2.43. The van der Waals surface area contributed by atoms with Gasteiger partial charge in [0.25, 0.3) is 5.91 Å². The predicted octanol–water partition coefficient (Wildman–Crippen LogP) is 1.20. The summed E-state index contributed by atoms with van der Waals surface area (Å²) in [4.78, 5) is 25.8. The molecular formula is C14H15NO3. The quantitative estimate of drug-likeness (QED) is 0.542. The van der Waals surface area contributed by atoms with E-state index in [4.69, 9.17) is 4.74 Å². The first kappa shape index (κ1) is 11.3. The summed E-state index contributed by atoms with van der Waals surface area (Å²) >= 11 is 0. The van der Waals surface area contributed by atoms with Crippen molar-refractivity contribution in [2.24, 2.45) is 5.92 Å². The first-order chi connectivity index (χ1) is 8.72. The Bertz CT molecular complexity index is 501. The number of rotatable bonds is 2. The average Bonchev–Trinajstić information content (AvgIpc) is 2.79. The van der Waals surface area contributed by atoms with Gasteiger partial charge in [-0.3, -0.25) is 4.79 Å². The molecule has 4 nitrogen and oxygen atoms in total. The van der Waals surface area contributed by atoms with E-state index < -0.39 is 5.97 Å². The highest BCUT2D eigenvalue weighted by atomic mass is 16.5. The molecule has 1 amide bonds. The number of amides is 1. The van der Waals surface area contributed by atoms with Gasteiger partial charge in [0.1, 0.15) is 5.57 Å². The molecule has 18 heavy (non-hydrogen) atoms. The fourth-order valence-electron chi connectivity index (χ4n) is 2.94. The van der Waals surface area contributed by atoms with E-state index >= 15 is 0 Å². The third kappa shape index (κ3) is 1.52. The summed E-state index contributed by atoms with van der Waals surface area (Å²) in [5.74, 6) is -0.574. The molecule has 2 unspecified atom stereocenters. The summed E-state index contributed by atoms with van der Waals surface area (Å²) < 4.78 is 4.94. The van der Waals surface area contributed by atoms with Crippen LogP contribution in [-0.4, -0.2) is 36.0 Å². The monoisotopic (exact) mass is 245 g/mol. The standard InChI is InChI=1S/C14H15NO3/c1-2-18-14(17)11-8-10-5-3-4-9-6-7-15(12(9)10)13(11)16/h3-5,8,10,12H,2,6-7H2,1H3. The lowest BCUT2D eigenvalue weighted by atomic mass is 9.85. The molecular weight excluding hydrogens is 230 g/mol. The van der Waals surface area contributed by atoms with Crippen molar-refractivity contribution in [3.05, 3.63) is 35.5 Å². The van der Waals surface area contributed by atoms with Gasteiger partial charge >= 0.3 is 5.97 Å². The van der Waals surface area contributed by atoms with Crippen molar-refractivity contribution in [1.82, 2.24) is 4.90 Å². The van der Waals surface area contributed by atoms with Crippen LogP contribution in [0, 0.1) is 5.92 Å². The SMILES string of the molecule is CCOC(=O)C1=CC2C=CC=C3CCN(C1=O)C32. The van der Waals surface area contributed by atoms with E-state index in [0.29, 0.717) is 13.2 Å². The van der Waals surface area contributed by atoms with E-state index in [2.05, 4.69) is 6.08 Å². The van der Waals surface area contributed by atoms with Crippen LogP contribution in [0.5, 0.6) is 0 Å². The van der Waals surface area contributed by atoms with Crippen molar-refractivity contribution in [1.29, 1.82) is 0 Å². The predicted molar refractivity (Wildman–Crippen MR) is 65.5 cm³/mol. The highest BCUT2D eigenvalue weighted by molar-refractivity contribution is 6.17. The van der Waals surface area contributed by atoms with Gasteiger partial charge in [-0.2, -0.15) is 0 Å². The number of carbonyl (C=O) groups is 2. The smallest absolute Gasteiger partial charge is 0.343 e. The Kier molecular flexibility index (Phi) is 2.58. The number of ether oxygens (including phenoxy) is 1. The maximum absolute atomic E-state index is 12.3. The third-order valence-corrected chi connectivity index (χ3v) is 3.71. The molecule has 1 saturated heterocycles. The molecule has 2 heterocycles. The van der Waals surface area contributed by atoms with Gasteiger partial charge in [-0.25, -0.2) is 4.79 Å². The van der Waals surface area contributed by atoms with Crippen molar-refractivity contribution >= 4 is 11.9 Å². The van der Waals surface area contributed by atoms with Crippen LogP contribution >= 0.6 is 0 Å². The van der Waals surface area contributed by atoms with Crippen molar-refractivity contribution in [2.75, 3.05) is 13.2 Å². The summed E-state index contributed by atoms with van der Waals surface area (Å²) in [5.41, 5.74) is 1.47. The zero-order valence-corrected chi connectivity index (χ0v) is 10.3. The zero-order valence-electron chi connectivity index (χ0n) is 10.3. The minimum Gasteiger partial charge on any atom is -0.462 e. The second kappa shape index (κ2) is 4.12. The van der Waals surface area contributed by atoms with E-state index in [9.17, 15) is 9.59 Å². The Morgan fingerprint density at radius 3 is 3.17 bits per heavy atom. The maximum atomic E-state index is 12.3. The third-order valence-electron chi connectivity index (χ3n) is 3.71. The topological polar surface area (TPSA) is 46.6 Å². The summed E-state index contributed by atoms with van der Waals surface area (Å²) in [6.45, 7) is 2.73. The lowest BCUT2D eigenvalue weighted by molar-refractivity contribution is -0.142. The average molecular weight is 245 g/mol. The molecule has 0 spiro atoms. The Hall–Kier alpha value is -1.84. The molecule has 3 aliphatic rings. The number of hydrogen-bond donors (Lipinski definition) is 0. The molecule has 2 atom stereocenters. The number of esters is 1. The van der Waals surface area contributed by atoms with Gasteiger partial charge in [-0.05, 0) is 18.9 Å². The van der Waals surface area contributed by atoms with Crippen LogP contribution in [0.2, 0.25) is 0 Å². The van der Waals surface area contributed by atoms with Crippen molar-refractivity contribution in [3.8, 4) is 0 Å². The molecule has 3 rings (SSSR count). The normalized spacial score (nSPS) is 28.7. The molecule has 0 aromatic heterocycles. The fourth-order valence-corrected chi connectivity index (χ4v) is 2.94. The Labute approximate surface area is 106 Å². The van der Waals surface area contributed by atoms with Crippen LogP contribution in [0.3, 0.4) is 0 Å². The minimum absolute atomic E-state index is 0.115. The van der Waals surface area contributed by atoms with Gasteiger partial charge < -0.3 is 9.64 Å². The van der Waals surface area contributed by atoms with Crippen molar-refractivity contribution in [3.63, 3.8) is 0 Å². The highest BCUT2D eigenvalue weighted by Crippen LogP contribution is 2.38. The summed E-state index contributed by atoms with van der Waals surface area (Å²) in [6, 6.07) is 0.126. The molecule has 0 aromatic carbocycles. The Morgan fingerprint density at radius 2 is 2.39 bits per heavy atom. The van der Waals surface area contributed by atoms with Gasteiger partial charge in [-0.1, -0.05) is 24.3 Å². The summed E-state index contributed by atoms with van der Waals surface area (Å²) in [6.07, 6.45) is 8.79. The fraction of sp³-hybridized carbons (Fsp3) is 0.429. The van der Waals surface area contributed by atoms with Crippen LogP contribution in [0.25, 0.3) is 0 Å². The number of hydrogen-bond acceptors (Lipinski definition) is 3. The van der Waals surface area contributed by atoms with Crippen LogP contribution in [-0.2, 0) is 14.3 Å². The molecule has 1 fully saturated rings. The minimum atomic E-state index is -0.502. The van der Waals surface area contributed by atoms with Crippen LogP contribution in [0.1, 0.15) is 13.3 Å². The van der Waals surface area contributed by atoms with Gasteiger partial charge in [0.05, 0.1) is 12.6 Å². The molecule has 0 N–H and O–H groups in total. The number of allylic oxidation sites excluding steroid dienone is 2. The van der Waals surface area contributed by atoms with Crippen molar-refractivity contribution in [2.45, 2.75) is 19.4 Å².